The van der Waals surface area contributed by atoms with E-state index in [-0.39, 0.29) is 11.8 Å². The summed E-state index contributed by atoms with van der Waals surface area (Å²) in [6.45, 7) is 3.28. The maximum absolute atomic E-state index is 13.3. The number of amides is 2. The summed E-state index contributed by atoms with van der Waals surface area (Å²) in [5, 5.41) is 2.73. The molecule has 0 spiro atoms. The summed E-state index contributed by atoms with van der Waals surface area (Å²) in [5.74, 6) is -0.290. The number of nitrogens with one attached hydrogen (secondary N) is 1. The Morgan fingerprint density at radius 2 is 2.00 bits per heavy atom. The van der Waals surface area contributed by atoms with Crippen LogP contribution in [0.4, 0.5) is 14.9 Å². The maximum atomic E-state index is 13.3. The molecule has 1 aromatic carbocycles. The van der Waals surface area contributed by atoms with Gasteiger partial charge in [0.05, 0.1) is 0 Å². The van der Waals surface area contributed by atoms with Crippen molar-refractivity contribution in [2.24, 2.45) is 0 Å². The number of likely N-dealkylation sites (tertiary alicyclic amines) is 1. The zero-order chi connectivity index (χ0) is 12.3. The van der Waals surface area contributed by atoms with E-state index in [2.05, 4.69) is 5.32 Å². The van der Waals surface area contributed by atoms with Gasteiger partial charge in [-0.15, -0.1) is 0 Å². The quantitative estimate of drug-likeness (QED) is 0.798. The summed E-state index contributed by atoms with van der Waals surface area (Å²) in [4.78, 5) is 13.6. The van der Waals surface area contributed by atoms with Crippen LogP contribution in [-0.4, -0.2) is 24.0 Å². The van der Waals surface area contributed by atoms with Gasteiger partial charge in [-0.25, -0.2) is 9.18 Å². The molecular weight excluding hydrogens is 219 g/mol. The summed E-state index contributed by atoms with van der Waals surface area (Å²) >= 11 is 0. The molecule has 0 atom stereocenters. The lowest BCUT2D eigenvalue weighted by atomic mass is 10.1. The van der Waals surface area contributed by atoms with E-state index in [1.807, 2.05) is 0 Å². The number of benzene rings is 1. The number of hydrogen-bond acceptors (Lipinski definition) is 1. The van der Waals surface area contributed by atoms with Crippen LogP contribution in [0, 0.1) is 12.7 Å². The molecule has 92 valence electrons. The normalized spacial score (nSPS) is 15.8. The Balaban J connectivity index is 1.99. The molecule has 1 aromatic rings. The molecule has 1 fully saturated rings. The van der Waals surface area contributed by atoms with E-state index >= 15 is 0 Å². The maximum Gasteiger partial charge on any atom is 0.321 e. The van der Waals surface area contributed by atoms with Gasteiger partial charge in [-0.1, -0.05) is 6.07 Å². The lowest BCUT2D eigenvalue weighted by Gasteiger charge is -2.26. The third kappa shape index (κ3) is 2.96. The summed E-state index contributed by atoms with van der Waals surface area (Å²) in [7, 11) is 0. The average molecular weight is 236 g/mol. The van der Waals surface area contributed by atoms with Gasteiger partial charge >= 0.3 is 6.03 Å². The average Bonchev–Trinajstić information content (AvgIpc) is 2.35. The summed E-state index contributed by atoms with van der Waals surface area (Å²) in [5.41, 5.74) is 1.10. The van der Waals surface area contributed by atoms with Gasteiger partial charge in [-0.2, -0.15) is 0 Å². The Hall–Kier alpha value is -1.58. The van der Waals surface area contributed by atoms with E-state index < -0.39 is 0 Å². The lowest BCUT2D eigenvalue weighted by molar-refractivity contribution is 0.200. The smallest absolute Gasteiger partial charge is 0.321 e. The number of halogens is 1. The highest BCUT2D eigenvalue weighted by molar-refractivity contribution is 5.89. The molecule has 0 aliphatic carbocycles. The molecular formula is C13H17FN2O. The summed E-state index contributed by atoms with van der Waals surface area (Å²) in [6, 6.07) is 4.62. The van der Waals surface area contributed by atoms with Crippen LogP contribution in [0.1, 0.15) is 24.8 Å². The van der Waals surface area contributed by atoms with E-state index in [0.717, 1.165) is 25.9 Å². The molecule has 2 amide bonds. The zero-order valence-electron chi connectivity index (χ0n) is 10.0. The van der Waals surface area contributed by atoms with E-state index in [1.54, 1.807) is 24.0 Å². The van der Waals surface area contributed by atoms with Gasteiger partial charge in [0.2, 0.25) is 0 Å². The predicted octanol–water partition coefficient (Wildman–Crippen LogP) is 3.15. The standard InChI is InChI=1S/C13H17FN2O/c1-10-5-6-11(9-12(10)14)15-13(17)16-7-3-2-4-8-16/h5-6,9H,2-4,7-8H2,1H3,(H,15,17). The number of nitrogens with zero attached hydrogens (tertiary/aromatic N) is 1. The lowest BCUT2D eigenvalue weighted by Crippen LogP contribution is -2.38. The van der Waals surface area contributed by atoms with Crippen LogP contribution < -0.4 is 5.32 Å². The Kier molecular flexibility index (Phi) is 3.61. The molecule has 3 nitrogen and oxygen atoms in total. The largest absolute Gasteiger partial charge is 0.325 e. The number of rotatable bonds is 1. The van der Waals surface area contributed by atoms with Gasteiger partial charge in [-0.05, 0) is 43.9 Å². The molecule has 1 aliphatic rings. The molecule has 4 heteroatoms. The molecule has 0 bridgehead atoms. The molecule has 0 aromatic heterocycles. The van der Waals surface area contributed by atoms with Crippen molar-refractivity contribution in [1.82, 2.24) is 4.90 Å². The molecule has 2 rings (SSSR count). The van der Waals surface area contributed by atoms with E-state index in [1.165, 1.54) is 12.5 Å². The third-order valence-electron chi connectivity index (χ3n) is 3.07. The molecule has 0 radical (unpaired) electrons. The molecule has 1 aliphatic heterocycles. The molecule has 1 N–H and O–H groups in total. The Morgan fingerprint density at radius 1 is 1.29 bits per heavy atom. The van der Waals surface area contributed by atoms with Crippen LogP contribution in [0.3, 0.4) is 0 Å². The first-order valence-corrected chi connectivity index (χ1v) is 5.99. The topological polar surface area (TPSA) is 32.3 Å². The second-order valence-corrected chi connectivity index (χ2v) is 4.44. The predicted molar refractivity (Wildman–Crippen MR) is 65.6 cm³/mol. The molecule has 0 saturated carbocycles. The second kappa shape index (κ2) is 5.17. The number of aryl methyl sites for hydroxylation is 1. The van der Waals surface area contributed by atoms with Crippen molar-refractivity contribution in [2.75, 3.05) is 18.4 Å². The molecule has 1 saturated heterocycles. The first kappa shape index (κ1) is 11.9. The fraction of sp³-hybridized carbons (Fsp3) is 0.462. The zero-order valence-corrected chi connectivity index (χ0v) is 10.0. The molecule has 0 unspecified atom stereocenters. The highest BCUT2D eigenvalue weighted by Gasteiger charge is 2.16. The van der Waals surface area contributed by atoms with Gasteiger partial charge in [-0.3, -0.25) is 0 Å². The fourth-order valence-electron chi connectivity index (χ4n) is 1.97. The Bertz CT molecular complexity index is 414. The minimum atomic E-state index is -0.290. The van der Waals surface area contributed by atoms with Gasteiger partial charge in [0.25, 0.3) is 0 Å². The van der Waals surface area contributed by atoms with Crippen molar-refractivity contribution < 1.29 is 9.18 Å². The van der Waals surface area contributed by atoms with Gasteiger partial charge in [0.15, 0.2) is 0 Å². The van der Waals surface area contributed by atoms with E-state index in [0.29, 0.717) is 11.3 Å². The van der Waals surface area contributed by atoms with Crippen LogP contribution in [-0.2, 0) is 0 Å². The number of anilines is 1. The van der Waals surface area contributed by atoms with Crippen LogP contribution in [0.2, 0.25) is 0 Å². The van der Waals surface area contributed by atoms with Crippen LogP contribution in [0.15, 0.2) is 18.2 Å². The summed E-state index contributed by atoms with van der Waals surface area (Å²) < 4.78 is 13.3. The van der Waals surface area contributed by atoms with Crippen molar-refractivity contribution in [3.8, 4) is 0 Å². The van der Waals surface area contributed by atoms with Gasteiger partial charge in [0.1, 0.15) is 5.82 Å². The number of carbonyl (C=O) groups excluding carboxylic acids is 1. The summed E-state index contributed by atoms with van der Waals surface area (Å²) in [6.07, 6.45) is 3.29. The monoisotopic (exact) mass is 236 g/mol. The SMILES string of the molecule is Cc1ccc(NC(=O)N2CCCCC2)cc1F. The minimum Gasteiger partial charge on any atom is -0.325 e. The van der Waals surface area contributed by atoms with Crippen molar-refractivity contribution in [2.45, 2.75) is 26.2 Å². The van der Waals surface area contributed by atoms with Crippen molar-refractivity contribution in [3.05, 3.63) is 29.6 Å². The van der Waals surface area contributed by atoms with Crippen LogP contribution in [0.5, 0.6) is 0 Å². The van der Waals surface area contributed by atoms with Crippen LogP contribution >= 0.6 is 0 Å². The Morgan fingerprint density at radius 3 is 2.65 bits per heavy atom. The first-order chi connectivity index (χ1) is 8.16. The van der Waals surface area contributed by atoms with Gasteiger partial charge in [0, 0.05) is 18.8 Å². The minimum absolute atomic E-state index is 0.132. The number of urea groups is 1. The van der Waals surface area contributed by atoms with Crippen molar-refractivity contribution >= 4 is 11.7 Å². The Labute approximate surface area is 101 Å². The van der Waals surface area contributed by atoms with Gasteiger partial charge < -0.3 is 10.2 Å². The van der Waals surface area contributed by atoms with Crippen molar-refractivity contribution in [1.29, 1.82) is 0 Å². The highest BCUT2D eigenvalue weighted by Crippen LogP contribution is 2.15. The molecule has 17 heavy (non-hydrogen) atoms. The highest BCUT2D eigenvalue weighted by atomic mass is 19.1. The fourth-order valence-corrected chi connectivity index (χ4v) is 1.97. The number of carbonyl (C=O) groups is 1. The van der Waals surface area contributed by atoms with Crippen molar-refractivity contribution in [3.63, 3.8) is 0 Å². The number of hydrogen-bond donors (Lipinski definition) is 1. The van der Waals surface area contributed by atoms with E-state index in [9.17, 15) is 9.18 Å². The van der Waals surface area contributed by atoms with Crippen LogP contribution in [0.25, 0.3) is 0 Å². The first-order valence-electron chi connectivity index (χ1n) is 5.99. The van der Waals surface area contributed by atoms with E-state index in [4.69, 9.17) is 0 Å². The number of piperidine rings is 1. The third-order valence-corrected chi connectivity index (χ3v) is 3.07. The molecule has 1 heterocycles. The second-order valence-electron chi connectivity index (χ2n) is 4.44.